The van der Waals surface area contributed by atoms with E-state index < -0.39 is 5.91 Å². The second-order valence-electron chi connectivity index (χ2n) is 5.96. The van der Waals surface area contributed by atoms with Crippen LogP contribution in [0.15, 0.2) is 40.4 Å². The van der Waals surface area contributed by atoms with E-state index in [-0.39, 0.29) is 18.9 Å². The minimum atomic E-state index is -0.432. The smallest absolute Gasteiger partial charge is 0.276 e. The van der Waals surface area contributed by atoms with Gasteiger partial charge in [0.25, 0.3) is 5.91 Å². The molecule has 0 atom stereocenters. The number of carbonyl (C=O) groups excluding carboxylic acids is 2. The molecule has 8 heteroatoms. The van der Waals surface area contributed by atoms with Crippen molar-refractivity contribution < 1.29 is 14.3 Å². The summed E-state index contributed by atoms with van der Waals surface area (Å²) in [6.45, 7) is 3.81. The van der Waals surface area contributed by atoms with Gasteiger partial charge in [-0.15, -0.1) is 11.3 Å². The van der Waals surface area contributed by atoms with Crippen molar-refractivity contribution in [2.45, 2.75) is 20.3 Å². The fraction of sp³-hybridized carbons (Fsp3) is 0.211. The van der Waals surface area contributed by atoms with E-state index in [0.29, 0.717) is 11.4 Å². The van der Waals surface area contributed by atoms with Crippen LogP contribution in [-0.2, 0) is 16.0 Å². The molecule has 0 fully saturated rings. The van der Waals surface area contributed by atoms with Gasteiger partial charge in [0.2, 0.25) is 5.91 Å². The SMILES string of the molecule is Cc1ccc(OCC(=O)NNC(=O)Cc2csc(-c3ccsc3)n2)cc1C. The van der Waals surface area contributed by atoms with E-state index in [4.69, 9.17) is 4.74 Å². The summed E-state index contributed by atoms with van der Waals surface area (Å²) in [7, 11) is 0. The molecule has 2 N–H and O–H groups in total. The van der Waals surface area contributed by atoms with E-state index in [0.717, 1.165) is 21.7 Å². The number of thiophene rings is 1. The van der Waals surface area contributed by atoms with E-state index in [1.807, 2.05) is 54.3 Å². The Hall–Kier alpha value is -2.71. The van der Waals surface area contributed by atoms with E-state index in [1.165, 1.54) is 11.3 Å². The fourth-order valence-corrected chi connectivity index (χ4v) is 3.78. The first-order valence-corrected chi connectivity index (χ1v) is 10.1. The Kier molecular flexibility index (Phi) is 6.20. The molecule has 0 spiro atoms. The summed E-state index contributed by atoms with van der Waals surface area (Å²) in [5.41, 5.74) is 8.69. The maximum absolute atomic E-state index is 12.0. The number of thiazole rings is 1. The molecule has 0 bridgehead atoms. The van der Waals surface area contributed by atoms with Crippen LogP contribution >= 0.6 is 22.7 Å². The van der Waals surface area contributed by atoms with E-state index >= 15 is 0 Å². The van der Waals surface area contributed by atoms with Crippen LogP contribution in [0.5, 0.6) is 5.75 Å². The van der Waals surface area contributed by atoms with Crippen molar-refractivity contribution in [2.24, 2.45) is 0 Å². The number of hydrogen-bond donors (Lipinski definition) is 2. The molecule has 0 aliphatic carbocycles. The molecule has 0 saturated heterocycles. The molecule has 1 aromatic carbocycles. The van der Waals surface area contributed by atoms with Crippen LogP contribution in [0, 0.1) is 13.8 Å². The van der Waals surface area contributed by atoms with Crippen LogP contribution in [0.1, 0.15) is 16.8 Å². The number of rotatable bonds is 6. The van der Waals surface area contributed by atoms with E-state index in [1.54, 1.807) is 11.3 Å². The lowest BCUT2D eigenvalue weighted by Gasteiger charge is -2.09. The number of nitrogens with zero attached hydrogens (tertiary/aromatic N) is 1. The van der Waals surface area contributed by atoms with Crippen molar-refractivity contribution in [2.75, 3.05) is 6.61 Å². The molecule has 3 rings (SSSR count). The molecular formula is C19H19N3O3S2. The predicted octanol–water partition coefficient (Wildman–Crippen LogP) is 3.26. The molecule has 6 nitrogen and oxygen atoms in total. The summed E-state index contributed by atoms with van der Waals surface area (Å²) in [5, 5.41) is 6.72. The van der Waals surface area contributed by atoms with Crippen LogP contribution in [-0.4, -0.2) is 23.4 Å². The summed E-state index contributed by atoms with van der Waals surface area (Å²) in [5.74, 6) is -0.154. The zero-order valence-corrected chi connectivity index (χ0v) is 16.6. The van der Waals surface area contributed by atoms with Gasteiger partial charge < -0.3 is 4.74 Å². The lowest BCUT2D eigenvalue weighted by atomic mass is 10.1. The van der Waals surface area contributed by atoms with E-state index in [9.17, 15) is 9.59 Å². The maximum Gasteiger partial charge on any atom is 0.276 e. The average molecular weight is 402 g/mol. The van der Waals surface area contributed by atoms with Gasteiger partial charge in [-0.3, -0.25) is 20.4 Å². The van der Waals surface area contributed by atoms with Gasteiger partial charge in [0.05, 0.1) is 12.1 Å². The Morgan fingerprint density at radius 2 is 1.89 bits per heavy atom. The highest BCUT2D eigenvalue weighted by Crippen LogP contribution is 2.25. The predicted molar refractivity (Wildman–Crippen MR) is 107 cm³/mol. The Balaban J connectivity index is 1.42. The lowest BCUT2D eigenvalue weighted by molar-refractivity contribution is -0.129. The number of ether oxygens (including phenoxy) is 1. The summed E-state index contributed by atoms with van der Waals surface area (Å²) >= 11 is 3.09. The van der Waals surface area contributed by atoms with Crippen molar-refractivity contribution >= 4 is 34.5 Å². The number of hydrogen-bond acceptors (Lipinski definition) is 6. The summed E-state index contributed by atoms with van der Waals surface area (Å²) in [6, 6.07) is 7.60. The molecule has 140 valence electrons. The Morgan fingerprint density at radius 1 is 1.07 bits per heavy atom. The molecule has 2 aromatic heterocycles. The molecule has 0 saturated carbocycles. The van der Waals surface area contributed by atoms with Crippen molar-refractivity contribution in [3.8, 4) is 16.3 Å². The van der Waals surface area contributed by atoms with Gasteiger partial charge in [-0.25, -0.2) is 4.98 Å². The second-order valence-corrected chi connectivity index (χ2v) is 7.60. The number of hydrazine groups is 1. The summed E-state index contributed by atoms with van der Waals surface area (Å²) in [6.07, 6.45) is 0.0962. The normalized spacial score (nSPS) is 10.4. The molecule has 0 radical (unpaired) electrons. The van der Waals surface area contributed by atoms with Gasteiger partial charge in [0.15, 0.2) is 6.61 Å². The minimum absolute atomic E-state index is 0.0962. The van der Waals surface area contributed by atoms with Gasteiger partial charge in [0, 0.05) is 16.3 Å². The summed E-state index contributed by atoms with van der Waals surface area (Å²) < 4.78 is 5.43. The number of aromatic nitrogens is 1. The number of nitrogens with one attached hydrogen (secondary N) is 2. The molecule has 0 aliphatic heterocycles. The van der Waals surface area contributed by atoms with E-state index in [2.05, 4.69) is 15.8 Å². The van der Waals surface area contributed by atoms with Crippen LogP contribution in [0.2, 0.25) is 0 Å². The first-order chi connectivity index (χ1) is 13.0. The van der Waals surface area contributed by atoms with Crippen molar-refractivity contribution in [3.05, 3.63) is 57.2 Å². The van der Waals surface area contributed by atoms with Crippen molar-refractivity contribution in [1.82, 2.24) is 15.8 Å². The third kappa shape index (κ3) is 5.38. The third-order valence-corrected chi connectivity index (χ3v) is 5.47. The molecule has 3 aromatic rings. The quantitative estimate of drug-likeness (QED) is 0.622. The fourth-order valence-electron chi connectivity index (χ4n) is 2.24. The molecule has 2 amide bonds. The van der Waals surface area contributed by atoms with Gasteiger partial charge in [-0.1, -0.05) is 6.07 Å². The monoisotopic (exact) mass is 401 g/mol. The Morgan fingerprint density at radius 3 is 2.63 bits per heavy atom. The van der Waals surface area contributed by atoms with Crippen LogP contribution < -0.4 is 15.6 Å². The van der Waals surface area contributed by atoms with Crippen molar-refractivity contribution in [1.29, 1.82) is 0 Å². The highest BCUT2D eigenvalue weighted by molar-refractivity contribution is 7.14. The van der Waals surface area contributed by atoms with Crippen LogP contribution in [0.4, 0.5) is 0 Å². The molecular weight excluding hydrogens is 382 g/mol. The number of carbonyl (C=O) groups is 2. The number of amides is 2. The van der Waals surface area contributed by atoms with Gasteiger partial charge in [0.1, 0.15) is 10.8 Å². The molecule has 2 heterocycles. The Bertz CT molecular complexity index is 936. The number of aryl methyl sites for hydroxylation is 2. The molecule has 27 heavy (non-hydrogen) atoms. The van der Waals surface area contributed by atoms with Crippen LogP contribution in [0.25, 0.3) is 10.6 Å². The zero-order chi connectivity index (χ0) is 19.2. The highest BCUT2D eigenvalue weighted by atomic mass is 32.1. The Labute approximate surface area is 165 Å². The first kappa shape index (κ1) is 19.1. The largest absolute Gasteiger partial charge is 0.484 e. The lowest BCUT2D eigenvalue weighted by Crippen LogP contribution is -2.44. The highest BCUT2D eigenvalue weighted by Gasteiger charge is 2.11. The van der Waals surface area contributed by atoms with Gasteiger partial charge in [-0.05, 0) is 48.6 Å². The molecule has 0 unspecified atom stereocenters. The van der Waals surface area contributed by atoms with Crippen molar-refractivity contribution in [3.63, 3.8) is 0 Å². The first-order valence-electron chi connectivity index (χ1n) is 8.26. The maximum atomic E-state index is 12.0. The van der Waals surface area contributed by atoms with Gasteiger partial charge >= 0.3 is 0 Å². The van der Waals surface area contributed by atoms with Gasteiger partial charge in [-0.2, -0.15) is 11.3 Å². The summed E-state index contributed by atoms with van der Waals surface area (Å²) in [4.78, 5) is 28.2. The zero-order valence-electron chi connectivity index (χ0n) is 14.9. The minimum Gasteiger partial charge on any atom is -0.484 e. The third-order valence-electron chi connectivity index (χ3n) is 3.85. The van der Waals surface area contributed by atoms with Crippen LogP contribution in [0.3, 0.4) is 0 Å². The standard InChI is InChI=1S/C19H19N3O3S2/c1-12-3-4-16(7-13(12)2)25-9-18(24)22-21-17(23)8-15-11-27-19(20-15)14-5-6-26-10-14/h3-7,10-11H,8-9H2,1-2H3,(H,21,23)(H,22,24). The average Bonchev–Trinajstić information content (AvgIpc) is 3.32. The second kappa shape index (κ2) is 8.79. The number of benzene rings is 1. The topological polar surface area (TPSA) is 80.3 Å². The molecule has 0 aliphatic rings.